The maximum absolute atomic E-state index is 8.97. The Morgan fingerprint density at radius 1 is 1.38 bits per heavy atom. The first-order chi connectivity index (χ1) is 5.97. The topological polar surface area (TPSA) is 49.8 Å². The molecule has 0 aliphatic heterocycles. The van der Waals surface area contributed by atoms with Crippen LogP contribution in [0, 0.1) is 18.3 Å². The number of nitriles is 1. The molecular formula is C11H14N2. The number of hydrogen-bond donors (Lipinski definition) is 1. The number of nitrogens with two attached hydrogens (primary N) is 1. The third kappa shape index (κ3) is 1.81. The fraction of sp³-hybridized carbons (Fsp3) is 0.364. The molecule has 1 aromatic carbocycles. The van der Waals surface area contributed by atoms with E-state index in [0.717, 1.165) is 11.1 Å². The van der Waals surface area contributed by atoms with Gasteiger partial charge in [-0.2, -0.15) is 5.26 Å². The molecule has 0 saturated heterocycles. The molecule has 0 aromatic heterocycles. The maximum Gasteiger partial charge on any atom is 0.0769 e. The van der Waals surface area contributed by atoms with Crippen LogP contribution >= 0.6 is 0 Å². The van der Waals surface area contributed by atoms with E-state index >= 15 is 0 Å². The first-order valence-electron chi connectivity index (χ1n) is 4.25. The lowest BCUT2D eigenvalue weighted by atomic mass is 9.83. The molecule has 0 saturated carbocycles. The molecule has 0 bridgehead atoms. The number of hydrogen-bond acceptors (Lipinski definition) is 2. The first kappa shape index (κ1) is 9.60. The van der Waals surface area contributed by atoms with Gasteiger partial charge in [0.1, 0.15) is 0 Å². The van der Waals surface area contributed by atoms with Crippen molar-refractivity contribution in [2.75, 3.05) is 5.73 Å². The van der Waals surface area contributed by atoms with Gasteiger partial charge in [-0.3, -0.25) is 0 Å². The Kier molecular flexibility index (Phi) is 2.29. The van der Waals surface area contributed by atoms with Gasteiger partial charge in [-0.15, -0.1) is 0 Å². The summed E-state index contributed by atoms with van der Waals surface area (Å²) in [7, 11) is 0. The molecule has 0 fully saturated rings. The minimum Gasteiger partial charge on any atom is -0.399 e. The predicted octanol–water partition coefficient (Wildman–Crippen LogP) is 2.38. The van der Waals surface area contributed by atoms with E-state index in [1.807, 2.05) is 39.0 Å². The lowest BCUT2D eigenvalue weighted by molar-refractivity contribution is 0.681. The average Bonchev–Trinajstić information content (AvgIpc) is 2.09. The van der Waals surface area contributed by atoms with E-state index < -0.39 is 5.41 Å². The Hall–Kier alpha value is -1.49. The largest absolute Gasteiger partial charge is 0.399 e. The highest BCUT2D eigenvalue weighted by Gasteiger charge is 2.21. The number of anilines is 1. The molecule has 0 aliphatic rings. The number of nitrogens with zero attached hydrogens (tertiary/aromatic N) is 1. The van der Waals surface area contributed by atoms with Gasteiger partial charge in [0.15, 0.2) is 0 Å². The molecule has 2 heteroatoms. The second-order valence-electron chi connectivity index (χ2n) is 3.81. The molecule has 0 unspecified atom stereocenters. The molecule has 2 nitrogen and oxygen atoms in total. The molecular weight excluding hydrogens is 160 g/mol. The van der Waals surface area contributed by atoms with Crippen molar-refractivity contribution in [2.45, 2.75) is 26.2 Å². The van der Waals surface area contributed by atoms with E-state index in [1.54, 1.807) is 0 Å². The van der Waals surface area contributed by atoms with Crippen molar-refractivity contribution < 1.29 is 0 Å². The van der Waals surface area contributed by atoms with Crippen molar-refractivity contribution in [3.8, 4) is 6.07 Å². The molecule has 0 atom stereocenters. The predicted molar refractivity (Wildman–Crippen MR) is 54.2 cm³/mol. The van der Waals surface area contributed by atoms with Crippen LogP contribution < -0.4 is 5.73 Å². The van der Waals surface area contributed by atoms with Crippen LogP contribution in [-0.4, -0.2) is 0 Å². The summed E-state index contributed by atoms with van der Waals surface area (Å²) in [6.45, 7) is 5.79. The standard InChI is InChI=1S/C11H14N2/c1-8-4-5-9(13)6-10(8)11(2,3)7-12/h4-6H,13H2,1-3H3. The molecule has 0 amide bonds. The third-order valence-electron chi connectivity index (χ3n) is 2.21. The van der Waals surface area contributed by atoms with Gasteiger partial charge in [0.05, 0.1) is 11.5 Å². The lowest BCUT2D eigenvalue weighted by Crippen LogP contribution is -2.15. The van der Waals surface area contributed by atoms with Gasteiger partial charge in [-0.25, -0.2) is 0 Å². The maximum atomic E-state index is 8.97. The lowest BCUT2D eigenvalue weighted by Gasteiger charge is -2.18. The first-order valence-corrected chi connectivity index (χ1v) is 4.25. The van der Waals surface area contributed by atoms with Crippen LogP contribution in [0.5, 0.6) is 0 Å². The third-order valence-corrected chi connectivity index (χ3v) is 2.21. The van der Waals surface area contributed by atoms with Crippen molar-refractivity contribution in [3.63, 3.8) is 0 Å². The Morgan fingerprint density at radius 2 is 2.00 bits per heavy atom. The Balaban J connectivity index is 3.30. The fourth-order valence-electron chi connectivity index (χ4n) is 1.37. The summed E-state index contributed by atoms with van der Waals surface area (Å²) in [4.78, 5) is 0. The smallest absolute Gasteiger partial charge is 0.0769 e. The van der Waals surface area contributed by atoms with Gasteiger partial charge in [0.2, 0.25) is 0 Å². The van der Waals surface area contributed by atoms with E-state index in [1.165, 1.54) is 0 Å². The van der Waals surface area contributed by atoms with Gasteiger partial charge in [-0.1, -0.05) is 6.07 Å². The highest BCUT2D eigenvalue weighted by atomic mass is 14.5. The van der Waals surface area contributed by atoms with Crippen molar-refractivity contribution in [3.05, 3.63) is 29.3 Å². The number of benzene rings is 1. The number of rotatable bonds is 1. The van der Waals surface area contributed by atoms with Crippen molar-refractivity contribution in [1.29, 1.82) is 5.26 Å². The van der Waals surface area contributed by atoms with Crippen LogP contribution in [-0.2, 0) is 5.41 Å². The van der Waals surface area contributed by atoms with Gasteiger partial charge in [-0.05, 0) is 44.0 Å². The van der Waals surface area contributed by atoms with Crippen LogP contribution in [0.1, 0.15) is 25.0 Å². The van der Waals surface area contributed by atoms with Crippen LogP contribution in [0.15, 0.2) is 18.2 Å². The summed E-state index contributed by atoms with van der Waals surface area (Å²) in [5.74, 6) is 0. The van der Waals surface area contributed by atoms with E-state index in [9.17, 15) is 0 Å². The zero-order chi connectivity index (χ0) is 10.1. The van der Waals surface area contributed by atoms with Crippen LogP contribution in [0.4, 0.5) is 5.69 Å². The Bertz CT molecular complexity index is 359. The minimum absolute atomic E-state index is 0.459. The van der Waals surface area contributed by atoms with E-state index in [4.69, 9.17) is 11.0 Å². The molecule has 0 aliphatic carbocycles. The molecule has 0 radical (unpaired) electrons. The van der Waals surface area contributed by atoms with Gasteiger partial charge in [0, 0.05) is 5.69 Å². The van der Waals surface area contributed by atoms with Crippen LogP contribution in [0.2, 0.25) is 0 Å². The molecule has 13 heavy (non-hydrogen) atoms. The quantitative estimate of drug-likeness (QED) is 0.664. The summed E-state index contributed by atoms with van der Waals surface area (Å²) in [6, 6.07) is 7.95. The monoisotopic (exact) mass is 174 g/mol. The molecule has 68 valence electrons. The second kappa shape index (κ2) is 3.10. The van der Waals surface area contributed by atoms with E-state index in [-0.39, 0.29) is 0 Å². The summed E-state index contributed by atoms with van der Waals surface area (Å²) in [5, 5.41) is 8.97. The van der Waals surface area contributed by atoms with Gasteiger partial charge in [0.25, 0.3) is 0 Å². The van der Waals surface area contributed by atoms with Crippen LogP contribution in [0.3, 0.4) is 0 Å². The van der Waals surface area contributed by atoms with Gasteiger partial charge >= 0.3 is 0 Å². The molecule has 1 aromatic rings. The SMILES string of the molecule is Cc1ccc(N)cc1C(C)(C)C#N. The highest BCUT2D eigenvalue weighted by molar-refractivity contribution is 5.48. The highest BCUT2D eigenvalue weighted by Crippen LogP contribution is 2.26. The zero-order valence-corrected chi connectivity index (χ0v) is 8.26. The summed E-state index contributed by atoms with van der Waals surface area (Å²) in [6.07, 6.45) is 0. The van der Waals surface area contributed by atoms with E-state index in [2.05, 4.69) is 6.07 Å². The fourth-order valence-corrected chi connectivity index (χ4v) is 1.37. The van der Waals surface area contributed by atoms with Crippen LogP contribution in [0.25, 0.3) is 0 Å². The average molecular weight is 174 g/mol. The molecule has 0 heterocycles. The molecule has 0 spiro atoms. The Morgan fingerprint density at radius 3 is 2.54 bits per heavy atom. The summed E-state index contributed by atoms with van der Waals surface area (Å²) >= 11 is 0. The van der Waals surface area contributed by atoms with Gasteiger partial charge < -0.3 is 5.73 Å². The molecule has 1 rings (SSSR count). The van der Waals surface area contributed by atoms with E-state index in [0.29, 0.717) is 5.69 Å². The summed E-state index contributed by atoms with van der Waals surface area (Å²) in [5.41, 5.74) is 8.04. The zero-order valence-electron chi connectivity index (χ0n) is 8.26. The van der Waals surface area contributed by atoms with Crippen molar-refractivity contribution >= 4 is 5.69 Å². The summed E-state index contributed by atoms with van der Waals surface area (Å²) < 4.78 is 0. The number of aryl methyl sites for hydroxylation is 1. The Labute approximate surface area is 79.0 Å². The molecule has 2 N–H and O–H groups in total. The van der Waals surface area contributed by atoms with Crippen molar-refractivity contribution in [1.82, 2.24) is 0 Å². The minimum atomic E-state index is -0.459. The number of nitrogen functional groups attached to an aromatic ring is 1. The second-order valence-corrected chi connectivity index (χ2v) is 3.81. The normalized spacial score (nSPS) is 10.9. The van der Waals surface area contributed by atoms with Crippen molar-refractivity contribution in [2.24, 2.45) is 0 Å².